The van der Waals surface area contributed by atoms with Crippen LogP contribution < -0.4 is 5.73 Å². The number of benzene rings is 1. The molecule has 0 radical (unpaired) electrons. The van der Waals surface area contributed by atoms with E-state index in [9.17, 15) is 18.7 Å². The minimum atomic E-state index is -4.16. The van der Waals surface area contributed by atoms with Crippen LogP contribution in [0.15, 0.2) is 66.8 Å². The molecular weight excluding hydrogens is 484 g/mol. The second kappa shape index (κ2) is 11.2. The van der Waals surface area contributed by atoms with Crippen molar-refractivity contribution in [3.63, 3.8) is 0 Å². The van der Waals surface area contributed by atoms with Gasteiger partial charge in [-0.2, -0.15) is 8.78 Å². The predicted octanol–water partition coefficient (Wildman–Crippen LogP) is 2.53. The van der Waals surface area contributed by atoms with Crippen LogP contribution in [0, 0.1) is 11.6 Å². The Morgan fingerprint density at radius 1 is 1.28 bits per heavy atom. The fourth-order valence-electron chi connectivity index (χ4n) is 3.24. The van der Waals surface area contributed by atoms with Gasteiger partial charge >= 0.3 is 5.92 Å². The molecule has 0 spiro atoms. The van der Waals surface area contributed by atoms with Crippen molar-refractivity contribution in [1.82, 2.24) is 25.2 Å². The Kier molecular flexibility index (Phi) is 8.27. The highest BCUT2D eigenvalue weighted by Crippen LogP contribution is 2.46. The van der Waals surface area contributed by atoms with Crippen molar-refractivity contribution in [1.29, 1.82) is 0 Å². The molecule has 0 saturated heterocycles. The lowest BCUT2D eigenvalue weighted by molar-refractivity contribution is -0.207. The van der Waals surface area contributed by atoms with Gasteiger partial charge in [0.1, 0.15) is 23.7 Å². The quantitative estimate of drug-likeness (QED) is 0.176. The summed E-state index contributed by atoms with van der Waals surface area (Å²) in [4.78, 5) is 14.5. The molecule has 0 aliphatic rings. The van der Waals surface area contributed by atoms with Crippen LogP contribution in [0.4, 0.5) is 17.6 Å². The number of carbonyl (C=O) groups is 1. The first-order valence-electron chi connectivity index (χ1n) is 10.5. The molecule has 3 aromatic rings. The van der Waals surface area contributed by atoms with Crippen LogP contribution >= 0.6 is 0 Å². The van der Waals surface area contributed by atoms with Crippen LogP contribution in [0.1, 0.15) is 23.7 Å². The molecule has 2 heterocycles. The van der Waals surface area contributed by atoms with Crippen LogP contribution in [-0.2, 0) is 34.2 Å². The number of carbonyl (C=O) groups excluding carboxylic acids is 1. The van der Waals surface area contributed by atoms with E-state index in [2.05, 4.69) is 20.5 Å². The zero-order valence-corrected chi connectivity index (χ0v) is 18.9. The molecule has 0 aliphatic heterocycles. The van der Waals surface area contributed by atoms with Crippen LogP contribution in [0.2, 0.25) is 0 Å². The number of aliphatic hydroxyl groups is 1. The Morgan fingerprint density at radius 2 is 2.06 bits per heavy atom. The maximum Gasteiger partial charge on any atom is 0.323 e. The SMILES string of the molecule is CC(/C=C\C(C=O)=C/N)OCc1ccc(C(F)(F)C(O)(Cn2cnnn2)c2ccc(F)cc2F)nc1. The highest BCUT2D eigenvalue weighted by atomic mass is 19.3. The first-order chi connectivity index (χ1) is 17.1. The van der Waals surface area contributed by atoms with Crippen molar-refractivity contribution in [2.45, 2.75) is 37.7 Å². The summed E-state index contributed by atoms with van der Waals surface area (Å²) in [6.45, 7) is 0.738. The predicted molar refractivity (Wildman–Crippen MR) is 118 cm³/mol. The van der Waals surface area contributed by atoms with Crippen molar-refractivity contribution in [3.8, 4) is 0 Å². The van der Waals surface area contributed by atoms with Gasteiger partial charge in [-0.25, -0.2) is 13.5 Å². The molecule has 0 fully saturated rings. The number of ether oxygens (including phenoxy) is 1. The molecule has 13 heteroatoms. The third-order valence-electron chi connectivity index (χ3n) is 5.23. The Balaban J connectivity index is 1.85. The van der Waals surface area contributed by atoms with Gasteiger partial charge in [-0.3, -0.25) is 9.78 Å². The molecule has 0 aliphatic carbocycles. The molecule has 2 unspecified atom stereocenters. The van der Waals surface area contributed by atoms with Crippen molar-refractivity contribution in [3.05, 3.63) is 95.2 Å². The number of tetrazole rings is 1. The first-order valence-corrected chi connectivity index (χ1v) is 10.5. The fraction of sp³-hybridized carbons (Fsp3) is 0.261. The molecule has 3 N–H and O–H groups in total. The monoisotopic (exact) mass is 506 g/mol. The Bertz CT molecular complexity index is 1240. The molecule has 36 heavy (non-hydrogen) atoms. The average molecular weight is 506 g/mol. The highest BCUT2D eigenvalue weighted by Gasteiger charge is 2.57. The van der Waals surface area contributed by atoms with Crippen LogP contribution in [-0.4, -0.2) is 42.7 Å². The second-order valence-corrected chi connectivity index (χ2v) is 7.78. The fourth-order valence-corrected chi connectivity index (χ4v) is 3.24. The molecule has 2 atom stereocenters. The Morgan fingerprint density at radius 3 is 2.64 bits per heavy atom. The summed E-state index contributed by atoms with van der Waals surface area (Å²) < 4.78 is 65.8. The van der Waals surface area contributed by atoms with Crippen LogP contribution in [0.5, 0.6) is 0 Å². The zero-order chi connectivity index (χ0) is 26.3. The average Bonchev–Trinajstić information content (AvgIpc) is 3.36. The van der Waals surface area contributed by atoms with E-state index in [1.54, 1.807) is 13.0 Å². The van der Waals surface area contributed by atoms with E-state index in [0.29, 0.717) is 17.9 Å². The van der Waals surface area contributed by atoms with Gasteiger partial charge in [0.15, 0.2) is 11.9 Å². The molecule has 0 bridgehead atoms. The summed E-state index contributed by atoms with van der Waals surface area (Å²) in [5.41, 5.74) is 1.01. The van der Waals surface area contributed by atoms with Gasteiger partial charge in [0, 0.05) is 29.6 Å². The van der Waals surface area contributed by atoms with E-state index in [-0.39, 0.29) is 12.2 Å². The zero-order valence-electron chi connectivity index (χ0n) is 18.9. The standard InChI is InChI=1S/C23H22F4N6O3/c1-15(2-3-16(9-28)11-34)36-12-17-4-7-21(29-10-17)23(26,27)22(35,13-33-14-30-31-32-33)19-6-5-18(24)8-20(19)25/h2-11,14-15,35H,12-13,28H2,1H3/b3-2-,16-9+. The lowest BCUT2D eigenvalue weighted by atomic mass is 9.84. The number of nitrogens with two attached hydrogens (primary N) is 1. The molecule has 3 rings (SSSR count). The number of halogens is 4. The summed E-state index contributed by atoms with van der Waals surface area (Å²) in [6.07, 6.45) is 6.41. The largest absolute Gasteiger partial charge is 0.404 e. The molecular formula is C23H22F4N6O3. The Labute approximate surface area is 202 Å². The lowest BCUT2D eigenvalue weighted by Crippen LogP contribution is -2.48. The number of hydrogen-bond acceptors (Lipinski definition) is 8. The minimum absolute atomic E-state index is 0.00535. The maximum atomic E-state index is 15.7. The van der Waals surface area contributed by atoms with Crippen LogP contribution in [0.3, 0.4) is 0 Å². The molecule has 9 nitrogen and oxygen atoms in total. The summed E-state index contributed by atoms with van der Waals surface area (Å²) in [7, 11) is 0. The number of aldehydes is 1. The van der Waals surface area contributed by atoms with Gasteiger partial charge in [-0.1, -0.05) is 18.2 Å². The summed E-state index contributed by atoms with van der Waals surface area (Å²) in [5, 5.41) is 21.3. The number of pyridine rings is 1. The summed E-state index contributed by atoms with van der Waals surface area (Å²) in [6, 6.07) is 4.15. The normalized spacial score (nSPS) is 15.1. The molecule has 190 valence electrons. The topological polar surface area (TPSA) is 129 Å². The molecule has 0 amide bonds. The lowest BCUT2D eigenvalue weighted by Gasteiger charge is -2.35. The molecule has 0 saturated carbocycles. The van der Waals surface area contributed by atoms with E-state index in [1.165, 1.54) is 12.1 Å². The second-order valence-electron chi connectivity index (χ2n) is 7.78. The maximum absolute atomic E-state index is 15.7. The number of alkyl halides is 2. The smallest absolute Gasteiger partial charge is 0.323 e. The third kappa shape index (κ3) is 5.80. The van der Waals surface area contributed by atoms with E-state index in [1.807, 2.05) is 0 Å². The van der Waals surface area contributed by atoms with Gasteiger partial charge < -0.3 is 15.6 Å². The third-order valence-corrected chi connectivity index (χ3v) is 5.23. The van der Waals surface area contributed by atoms with Crippen molar-refractivity contribution < 1.29 is 32.2 Å². The number of hydrogen-bond donors (Lipinski definition) is 2. The van der Waals surface area contributed by atoms with Gasteiger partial charge in [-0.15, -0.1) is 5.10 Å². The highest BCUT2D eigenvalue weighted by molar-refractivity contribution is 5.77. The first kappa shape index (κ1) is 26.6. The molecule has 2 aromatic heterocycles. The minimum Gasteiger partial charge on any atom is -0.404 e. The summed E-state index contributed by atoms with van der Waals surface area (Å²) in [5.74, 6) is -6.54. The van der Waals surface area contributed by atoms with E-state index < -0.39 is 47.1 Å². The van der Waals surface area contributed by atoms with Crippen molar-refractivity contribution in [2.75, 3.05) is 0 Å². The number of nitrogens with zero attached hydrogens (tertiary/aromatic N) is 5. The van der Waals surface area contributed by atoms with Gasteiger partial charge in [0.2, 0.25) is 0 Å². The summed E-state index contributed by atoms with van der Waals surface area (Å²) >= 11 is 0. The van der Waals surface area contributed by atoms with E-state index >= 15 is 8.78 Å². The van der Waals surface area contributed by atoms with Gasteiger partial charge in [0.25, 0.3) is 0 Å². The van der Waals surface area contributed by atoms with E-state index in [4.69, 9.17) is 10.5 Å². The van der Waals surface area contributed by atoms with Crippen molar-refractivity contribution >= 4 is 6.29 Å². The number of allylic oxidation sites excluding steroid dienone is 2. The van der Waals surface area contributed by atoms with Gasteiger partial charge in [0.05, 0.1) is 19.3 Å². The van der Waals surface area contributed by atoms with Gasteiger partial charge in [-0.05, 0) is 41.1 Å². The number of rotatable bonds is 11. The molecule has 1 aromatic carbocycles. The van der Waals surface area contributed by atoms with E-state index in [0.717, 1.165) is 41.6 Å². The van der Waals surface area contributed by atoms with Crippen molar-refractivity contribution in [2.24, 2.45) is 5.73 Å². The van der Waals surface area contributed by atoms with Crippen LogP contribution in [0.25, 0.3) is 0 Å². The Hall–Kier alpha value is -3.97. The number of aromatic nitrogens is 5.